The predicted octanol–water partition coefficient (Wildman–Crippen LogP) is 2.52. The summed E-state index contributed by atoms with van der Waals surface area (Å²) in [4.78, 5) is 74.7. The van der Waals surface area contributed by atoms with E-state index in [1.165, 1.54) is 11.0 Å². The van der Waals surface area contributed by atoms with Gasteiger partial charge in [-0.1, -0.05) is 91.5 Å². The number of thioether (sulfide) groups is 1. The number of carbonyl (C=O) groups excluding carboxylic acids is 5. The summed E-state index contributed by atoms with van der Waals surface area (Å²) in [5.41, 5.74) is -1.73. The van der Waals surface area contributed by atoms with Crippen LogP contribution in [0.2, 0.25) is 0 Å². The Morgan fingerprint density at radius 2 is 1.73 bits per heavy atom. The highest BCUT2D eigenvalue weighted by Crippen LogP contribution is 2.65. The molecule has 0 spiro atoms. The summed E-state index contributed by atoms with van der Waals surface area (Å²) in [7, 11) is -4.07. The van der Waals surface area contributed by atoms with Crippen LogP contribution in [-0.4, -0.2) is 96.7 Å². The number of Topliss-reactive ketones (excluding diaryl/α,β-unsaturated/α-hetero) is 1. The first-order chi connectivity index (χ1) is 23.8. The number of nitrogens with one attached hydrogen (secondary N) is 4. The topological polar surface area (TPSA) is 183 Å². The smallest absolute Gasteiger partial charge is 0.289 e. The Morgan fingerprint density at radius 1 is 1.06 bits per heavy atom. The number of hydrogen-bond donors (Lipinski definition) is 4. The number of fused-ring (bicyclic) bond motifs is 1. The summed E-state index contributed by atoms with van der Waals surface area (Å²) >= 11 is 1.13. The second-order valence-electron chi connectivity index (χ2n) is 17.1. The van der Waals surface area contributed by atoms with Gasteiger partial charge in [0.05, 0.1) is 12.6 Å². The quantitative estimate of drug-likeness (QED) is 0.154. The molecule has 3 aliphatic carbocycles. The molecule has 15 heteroatoms. The van der Waals surface area contributed by atoms with E-state index in [1.54, 1.807) is 0 Å². The Bertz CT molecular complexity index is 1560. The largest absolute Gasteiger partial charge is 0.346 e. The molecule has 4 amide bonds. The number of piperidine rings is 1. The second kappa shape index (κ2) is 14.9. The molecule has 2 aliphatic heterocycles. The van der Waals surface area contributed by atoms with Crippen LogP contribution in [0, 0.1) is 34.0 Å². The average molecular weight is 749 g/mol. The maximum Gasteiger partial charge on any atom is 0.289 e. The van der Waals surface area contributed by atoms with Gasteiger partial charge in [0.25, 0.3) is 15.9 Å². The molecule has 1 saturated heterocycles. The Morgan fingerprint density at radius 3 is 2.29 bits per heavy atom. The maximum absolute atomic E-state index is 14.7. The van der Waals surface area contributed by atoms with Gasteiger partial charge in [-0.25, -0.2) is 8.42 Å². The summed E-state index contributed by atoms with van der Waals surface area (Å²) in [5, 5.41) is 8.32. The fourth-order valence-electron chi connectivity index (χ4n) is 8.28. The van der Waals surface area contributed by atoms with Gasteiger partial charge in [-0.05, 0) is 53.3 Å². The van der Waals surface area contributed by atoms with Crippen molar-refractivity contribution < 1.29 is 32.4 Å². The fourth-order valence-corrected chi connectivity index (χ4v) is 10.9. The van der Waals surface area contributed by atoms with Gasteiger partial charge in [-0.3, -0.25) is 29.0 Å². The number of amides is 4. The molecule has 0 bridgehead atoms. The molecule has 0 aromatic carbocycles. The van der Waals surface area contributed by atoms with E-state index in [0.717, 1.165) is 43.9 Å². The molecule has 4 fully saturated rings. The van der Waals surface area contributed by atoms with E-state index < -0.39 is 74.4 Å². The van der Waals surface area contributed by atoms with Crippen molar-refractivity contribution in [2.24, 2.45) is 39.0 Å². The SMILES string of the molecule is C=CCNC(=O)C(=O)C(CC1CC1)NC(=O)[C@@H]1[C@@H]2[C@H](CN1C(=O)[C@@H](NC(=O)[C@@H](NS(=O)(=O)C1=NCCS1)C1(C)CCCCC1)C(C)(C)C)C2(C)C. The molecule has 5 rings (SSSR count). The van der Waals surface area contributed by atoms with Crippen LogP contribution >= 0.6 is 11.8 Å². The van der Waals surface area contributed by atoms with Crippen molar-refractivity contribution in [3.63, 3.8) is 0 Å². The van der Waals surface area contributed by atoms with Crippen LogP contribution in [0.1, 0.15) is 92.9 Å². The molecule has 284 valence electrons. The van der Waals surface area contributed by atoms with E-state index in [0.29, 0.717) is 38.1 Å². The van der Waals surface area contributed by atoms with Crippen LogP contribution in [0.5, 0.6) is 0 Å². The first kappa shape index (κ1) is 39.4. The molecule has 13 nitrogen and oxygen atoms in total. The van der Waals surface area contributed by atoms with Crippen LogP contribution in [-0.2, 0) is 34.0 Å². The molecule has 51 heavy (non-hydrogen) atoms. The minimum absolute atomic E-state index is 0.0346. The summed E-state index contributed by atoms with van der Waals surface area (Å²) in [6.45, 7) is 15.9. The highest BCUT2D eigenvalue weighted by atomic mass is 32.3. The highest BCUT2D eigenvalue weighted by molar-refractivity contribution is 8.35. The molecule has 5 aliphatic rings. The van der Waals surface area contributed by atoms with Crippen molar-refractivity contribution in [2.75, 3.05) is 25.4 Å². The predicted molar refractivity (Wildman–Crippen MR) is 197 cm³/mol. The lowest BCUT2D eigenvalue weighted by Crippen LogP contribution is -2.64. The number of hydrogen-bond acceptors (Lipinski definition) is 9. The van der Waals surface area contributed by atoms with E-state index in [4.69, 9.17) is 0 Å². The minimum Gasteiger partial charge on any atom is -0.346 e. The monoisotopic (exact) mass is 748 g/mol. The lowest BCUT2D eigenvalue weighted by Gasteiger charge is -2.42. The molecule has 6 atom stereocenters. The van der Waals surface area contributed by atoms with Crippen molar-refractivity contribution in [1.29, 1.82) is 0 Å². The van der Waals surface area contributed by atoms with Crippen LogP contribution in [0.4, 0.5) is 0 Å². The fraction of sp³-hybridized carbons (Fsp3) is 0.778. The lowest BCUT2D eigenvalue weighted by atomic mass is 9.70. The van der Waals surface area contributed by atoms with Crippen LogP contribution in [0.25, 0.3) is 0 Å². The average Bonchev–Trinajstić information content (AvgIpc) is 3.74. The van der Waals surface area contributed by atoms with Crippen LogP contribution < -0.4 is 20.7 Å². The standard InChI is InChI=1S/C36H56N6O7S2/c1-8-16-37-30(45)26(43)23(19-21-12-13-21)39-29(44)25-24-22(35(24,5)6)20-42(25)32(47)28(34(2,3)4)40-31(46)27(36(7)14-10-9-11-15-36)41-51(48,49)33-38-17-18-50-33/h8,21-25,27-28,41H,1,9-20H2,2-7H3,(H,37,45)(H,39,44)(H,40,46)/t22-,23?,24-,25-,27+,28+/m0/s1. The molecule has 0 radical (unpaired) electrons. The molecular weight excluding hydrogens is 693 g/mol. The Labute approximate surface area is 306 Å². The van der Waals surface area contributed by atoms with Crippen molar-refractivity contribution in [3.05, 3.63) is 12.7 Å². The minimum atomic E-state index is -4.07. The molecule has 1 unspecified atom stereocenters. The van der Waals surface area contributed by atoms with E-state index in [9.17, 15) is 32.4 Å². The van der Waals surface area contributed by atoms with Crippen LogP contribution in [0.3, 0.4) is 0 Å². The van der Waals surface area contributed by atoms with Crippen LogP contribution in [0.15, 0.2) is 17.6 Å². The zero-order valence-corrected chi connectivity index (χ0v) is 32.5. The molecule has 2 heterocycles. The van der Waals surface area contributed by atoms with E-state index >= 15 is 0 Å². The van der Waals surface area contributed by atoms with Crippen molar-refractivity contribution in [2.45, 2.75) is 117 Å². The molecule has 0 aromatic rings. The number of ketones is 1. The number of rotatable bonds is 14. The van der Waals surface area contributed by atoms with Crippen molar-refractivity contribution in [3.8, 4) is 0 Å². The lowest BCUT2D eigenvalue weighted by molar-refractivity contribution is -0.147. The highest BCUT2D eigenvalue weighted by Gasteiger charge is 2.70. The molecule has 4 N–H and O–H groups in total. The van der Waals surface area contributed by atoms with Crippen molar-refractivity contribution >= 4 is 55.6 Å². The Balaban J connectivity index is 1.39. The van der Waals surface area contributed by atoms with Gasteiger partial charge >= 0.3 is 0 Å². The van der Waals surface area contributed by atoms with Gasteiger partial charge in [-0.15, -0.1) is 6.58 Å². The first-order valence-electron chi connectivity index (χ1n) is 18.4. The third kappa shape index (κ3) is 8.56. The van der Waals surface area contributed by atoms with E-state index in [2.05, 4.69) is 46.1 Å². The zero-order valence-electron chi connectivity index (χ0n) is 30.9. The van der Waals surface area contributed by atoms with Gasteiger partial charge in [0.15, 0.2) is 4.38 Å². The second-order valence-corrected chi connectivity index (χ2v) is 20.0. The van der Waals surface area contributed by atoms with Gasteiger partial charge in [0.1, 0.15) is 18.1 Å². The van der Waals surface area contributed by atoms with Gasteiger partial charge in [-0.2, -0.15) is 4.72 Å². The molecular formula is C36H56N6O7S2. The molecule has 0 aromatic heterocycles. The maximum atomic E-state index is 14.7. The Hall–Kier alpha value is -2.78. The van der Waals surface area contributed by atoms with Crippen molar-refractivity contribution in [1.82, 2.24) is 25.6 Å². The van der Waals surface area contributed by atoms with E-state index in [1.807, 2.05) is 27.7 Å². The first-order valence-corrected chi connectivity index (χ1v) is 20.8. The third-order valence-electron chi connectivity index (χ3n) is 11.7. The zero-order chi connectivity index (χ0) is 37.5. The summed E-state index contributed by atoms with van der Waals surface area (Å²) in [6.07, 6.45) is 7.60. The number of nitrogens with zero attached hydrogens (tertiary/aromatic N) is 2. The molecule has 3 saturated carbocycles. The number of likely N-dealkylation sites (tertiary alicyclic amines) is 1. The normalized spacial score (nSPS) is 26.9. The number of sulfonamides is 1. The number of carbonyl (C=O) groups is 5. The summed E-state index contributed by atoms with van der Waals surface area (Å²) < 4.78 is 29.6. The van der Waals surface area contributed by atoms with Gasteiger partial charge in [0.2, 0.25) is 23.5 Å². The third-order valence-corrected chi connectivity index (χ3v) is 14.6. The van der Waals surface area contributed by atoms with Gasteiger partial charge in [0, 0.05) is 18.8 Å². The Kier molecular flexibility index (Phi) is 11.5. The summed E-state index contributed by atoms with van der Waals surface area (Å²) in [6, 6.07) is -4.17. The van der Waals surface area contributed by atoms with E-state index in [-0.39, 0.29) is 34.1 Å². The van der Waals surface area contributed by atoms with Gasteiger partial charge < -0.3 is 20.9 Å². The number of aliphatic imine (C=N–C) groups is 1. The summed E-state index contributed by atoms with van der Waals surface area (Å²) in [5.74, 6) is -2.42.